The van der Waals surface area contributed by atoms with E-state index < -0.39 is 21.7 Å². The number of hydrogen-bond acceptors (Lipinski definition) is 5. The van der Waals surface area contributed by atoms with Gasteiger partial charge < -0.3 is 4.74 Å². The topological polar surface area (TPSA) is 60.4 Å². The number of carbonyl (C=O) groups excluding carboxylic acids is 1. The number of hydrogen-bond donors (Lipinski definition) is 1. The van der Waals surface area contributed by atoms with Gasteiger partial charge in [0.25, 0.3) is 0 Å². The minimum atomic E-state index is -3.72. The smallest absolute Gasteiger partial charge is 0.331 e. The van der Waals surface area contributed by atoms with Crippen molar-refractivity contribution in [2.75, 3.05) is 5.94 Å². The third kappa shape index (κ3) is 4.47. The van der Waals surface area contributed by atoms with Crippen molar-refractivity contribution in [3.05, 3.63) is 66.2 Å². The summed E-state index contributed by atoms with van der Waals surface area (Å²) in [5, 5.41) is 0. The molecule has 0 bridgehead atoms. The van der Waals surface area contributed by atoms with Crippen LogP contribution in [0.15, 0.2) is 70.5 Å². The van der Waals surface area contributed by atoms with Crippen LogP contribution in [0, 0.1) is 0 Å². The fourth-order valence-electron chi connectivity index (χ4n) is 1.70. The quantitative estimate of drug-likeness (QED) is 0.519. The first kappa shape index (κ1) is 16.3. The van der Waals surface area contributed by atoms with Crippen molar-refractivity contribution in [1.82, 2.24) is 0 Å². The average molecular weight is 334 g/mol. The molecule has 0 atom stereocenters. The molecular formula is C16H14O4S2. The van der Waals surface area contributed by atoms with Crippen LogP contribution in [0.5, 0.6) is 0 Å². The van der Waals surface area contributed by atoms with Gasteiger partial charge in [-0.15, -0.1) is 12.6 Å². The van der Waals surface area contributed by atoms with E-state index in [9.17, 15) is 13.2 Å². The average Bonchev–Trinajstić information content (AvgIpc) is 2.52. The molecule has 0 aliphatic heterocycles. The summed E-state index contributed by atoms with van der Waals surface area (Å²) in [6, 6.07) is 15.4. The summed E-state index contributed by atoms with van der Waals surface area (Å²) in [7, 11) is -3.72. The van der Waals surface area contributed by atoms with Crippen molar-refractivity contribution in [3.63, 3.8) is 0 Å². The summed E-state index contributed by atoms with van der Waals surface area (Å²) < 4.78 is 29.0. The zero-order valence-electron chi connectivity index (χ0n) is 11.5. The van der Waals surface area contributed by atoms with Crippen LogP contribution >= 0.6 is 12.6 Å². The zero-order chi connectivity index (χ0) is 16.0. The predicted molar refractivity (Wildman–Crippen MR) is 87.3 cm³/mol. The van der Waals surface area contributed by atoms with Crippen molar-refractivity contribution in [2.45, 2.75) is 9.79 Å². The number of benzene rings is 2. The number of sulfone groups is 1. The van der Waals surface area contributed by atoms with Gasteiger partial charge >= 0.3 is 5.97 Å². The lowest BCUT2D eigenvalue weighted by Crippen LogP contribution is -2.13. The van der Waals surface area contributed by atoms with Crippen LogP contribution in [0.2, 0.25) is 0 Å². The monoisotopic (exact) mass is 334 g/mol. The molecule has 114 valence electrons. The maximum atomic E-state index is 12.1. The van der Waals surface area contributed by atoms with Gasteiger partial charge in [0.2, 0.25) is 9.84 Å². The van der Waals surface area contributed by atoms with Gasteiger partial charge in [-0.1, -0.05) is 42.5 Å². The molecule has 2 aromatic carbocycles. The molecule has 0 N–H and O–H groups in total. The number of carbonyl (C=O) groups is 1. The second kappa shape index (κ2) is 7.29. The first-order chi connectivity index (χ1) is 10.5. The third-order valence-corrected chi connectivity index (χ3v) is 4.76. The first-order valence-electron chi connectivity index (χ1n) is 6.40. The molecule has 0 aliphatic rings. The molecule has 0 saturated heterocycles. The van der Waals surface area contributed by atoms with Crippen LogP contribution < -0.4 is 0 Å². The van der Waals surface area contributed by atoms with E-state index in [0.29, 0.717) is 4.90 Å². The van der Waals surface area contributed by atoms with Gasteiger partial charge in [0, 0.05) is 11.0 Å². The van der Waals surface area contributed by atoms with E-state index in [0.717, 1.165) is 5.56 Å². The highest BCUT2D eigenvalue weighted by Gasteiger charge is 2.18. The molecule has 2 aromatic rings. The molecule has 0 radical (unpaired) electrons. The lowest BCUT2D eigenvalue weighted by atomic mass is 10.2. The van der Waals surface area contributed by atoms with Crippen LogP contribution in [0.3, 0.4) is 0 Å². The van der Waals surface area contributed by atoms with E-state index in [1.165, 1.54) is 12.1 Å². The fraction of sp³-hybridized carbons (Fsp3) is 0.0625. The first-order valence-corrected chi connectivity index (χ1v) is 8.49. The van der Waals surface area contributed by atoms with E-state index in [-0.39, 0.29) is 4.90 Å². The Labute approximate surface area is 134 Å². The largest absolute Gasteiger partial charge is 0.446 e. The van der Waals surface area contributed by atoms with Crippen molar-refractivity contribution < 1.29 is 17.9 Å². The van der Waals surface area contributed by atoms with Crippen LogP contribution in [0.4, 0.5) is 0 Å². The highest BCUT2D eigenvalue weighted by Crippen LogP contribution is 2.20. The fourth-order valence-corrected chi connectivity index (χ4v) is 3.34. The molecule has 2 rings (SSSR count). The minimum absolute atomic E-state index is 0.0400. The van der Waals surface area contributed by atoms with E-state index in [4.69, 9.17) is 4.74 Å². The summed E-state index contributed by atoms with van der Waals surface area (Å²) in [5.74, 6) is -1.44. The summed E-state index contributed by atoms with van der Waals surface area (Å²) in [6.07, 6.45) is 2.75. The third-order valence-electron chi connectivity index (χ3n) is 2.77. The van der Waals surface area contributed by atoms with E-state index in [1.54, 1.807) is 24.3 Å². The maximum Gasteiger partial charge on any atom is 0.331 e. The predicted octanol–water partition coefficient (Wildman–Crippen LogP) is 2.96. The van der Waals surface area contributed by atoms with Gasteiger partial charge in [0.1, 0.15) is 0 Å². The minimum Gasteiger partial charge on any atom is -0.446 e. The van der Waals surface area contributed by atoms with Gasteiger partial charge in [-0.3, -0.25) is 0 Å². The van der Waals surface area contributed by atoms with Crippen LogP contribution in [0.25, 0.3) is 6.08 Å². The zero-order valence-corrected chi connectivity index (χ0v) is 13.3. The van der Waals surface area contributed by atoms with E-state index in [1.807, 2.05) is 30.3 Å². The second-order valence-corrected chi connectivity index (χ2v) is 6.79. The number of thiol groups is 1. The Kier molecular flexibility index (Phi) is 5.41. The maximum absolute atomic E-state index is 12.1. The van der Waals surface area contributed by atoms with Gasteiger partial charge in [-0.05, 0) is 23.8 Å². The Morgan fingerprint density at radius 1 is 1.05 bits per heavy atom. The summed E-state index contributed by atoms with van der Waals surface area (Å²) in [6.45, 7) is 0. The van der Waals surface area contributed by atoms with Crippen LogP contribution in [-0.2, 0) is 19.4 Å². The van der Waals surface area contributed by atoms with Crippen molar-refractivity contribution in [2.24, 2.45) is 0 Å². The molecule has 6 heteroatoms. The van der Waals surface area contributed by atoms with E-state index in [2.05, 4.69) is 12.6 Å². The molecule has 0 heterocycles. The molecule has 0 aromatic heterocycles. The van der Waals surface area contributed by atoms with Crippen molar-refractivity contribution >= 4 is 34.5 Å². The van der Waals surface area contributed by atoms with E-state index >= 15 is 0 Å². The van der Waals surface area contributed by atoms with Gasteiger partial charge in [0.05, 0.1) is 4.90 Å². The number of rotatable bonds is 5. The lowest BCUT2D eigenvalue weighted by Gasteiger charge is -2.06. The number of ether oxygens (including phenoxy) is 1. The van der Waals surface area contributed by atoms with Crippen molar-refractivity contribution in [1.29, 1.82) is 0 Å². The Balaban J connectivity index is 1.99. The molecule has 0 saturated carbocycles. The molecular weight excluding hydrogens is 320 g/mol. The Morgan fingerprint density at radius 3 is 2.36 bits per heavy atom. The molecule has 0 amide bonds. The standard InChI is InChI=1S/C16H14O4S2/c17-16(11-10-13-6-2-1-3-7-13)20-12-22(18,19)15-9-5-4-8-14(15)21/h1-11,21H,12H2. The molecule has 0 spiro atoms. The SMILES string of the molecule is O=C(C=Cc1ccccc1)OCS(=O)(=O)c1ccccc1S. The molecule has 0 aliphatic carbocycles. The Hall–Kier alpha value is -2.05. The van der Waals surface area contributed by atoms with Crippen LogP contribution in [0.1, 0.15) is 5.56 Å². The highest BCUT2D eigenvalue weighted by atomic mass is 32.2. The lowest BCUT2D eigenvalue weighted by molar-refractivity contribution is -0.135. The van der Waals surface area contributed by atoms with Crippen LogP contribution in [-0.4, -0.2) is 20.3 Å². The summed E-state index contributed by atoms with van der Waals surface area (Å²) >= 11 is 4.09. The van der Waals surface area contributed by atoms with Gasteiger partial charge in [0.15, 0.2) is 5.94 Å². The van der Waals surface area contributed by atoms with Gasteiger partial charge in [-0.25, -0.2) is 13.2 Å². The molecule has 22 heavy (non-hydrogen) atoms. The van der Waals surface area contributed by atoms with Crippen molar-refractivity contribution in [3.8, 4) is 0 Å². The number of esters is 1. The molecule has 0 fully saturated rings. The molecule has 4 nitrogen and oxygen atoms in total. The van der Waals surface area contributed by atoms with Gasteiger partial charge in [-0.2, -0.15) is 0 Å². The second-order valence-electron chi connectivity index (χ2n) is 4.41. The highest BCUT2D eigenvalue weighted by molar-refractivity contribution is 7.92. The normalized spacial score (nSPS) is 11.5. The summed E-state index contributed by atoms with van der Waals surface area (Å²) in [4.78, 5) is 11.9. The summed E-state index contributed by atoms with van der Waals surface area (Å²) in [5.41, 5.74) is 0.822. The molecule has 0 unspecified atom stereocenters. The Bertz CT molecular complexity index is 781. The Morgan fingerprint density at radius 2 is 1.68 bits per heavy atom.